The molecule has 0 N–H and O–H groups in total. The third kappa shape index (κ3) is 3.83. The Morgan fingerprint density at radius 2 is 1.96 bits per heavy atom. The van der Waals surface area contributed by atoms with Gasteiger partial charge in [-0.3, -0.25) is 10.1 Å². The SMILES string of the molecule is CCc1cc(Cl)c(C)cc1OCc1nnc(-c2ccc([N+](=O)[O-])cc2)o1. The third-order valence-corrected chi connectivity index (χ3v) is 4.27. The van der Waals surface area contributed by atoms with Gasteiger partial charge in [0.05, 0.1) is 4.92 Å². The first-order valence-corrected chi connectivity index (χ1v) is 8.34. The zero-order valence-corrected chi connectivity index (χ0v) is 15.0. The van der Waals surface area contributed by atoms with Gasteiger partial charge in [-0.15, -0.1) is 10.2 Å². The number of rotatable bonds is 6. The van der Waals surface area contributed by atoms with Crippen molar-refractivity contribution in [3.8, 4) is 17.2 Å². The van der Waals surface area contributed by atoms with Crippen molar-refractivity contribution in [1.82, 2.24) is 10.2 Å². The maximum absolute atomic E-state index is 10.7. The Kier molecular flexibility index (Phi) is 5.18. The summed E-state index contributed by atoms with van der Waals surface area (Å²) in [4.78, 5) is 10.2. The molecule has 0 aliphatic rings. The minimum Gasteiger partial charge on any atom is -0.484 e. The van der Waals surface area contributed by atoms with Crippen LogP contribution in [0.4, 0.5) is 5.69 Å². The molecule has 0 atom stereocenters. The van der Waals surface area contributed by atoms with Crippen LogP contribution in [0.15, 0.2) is 40.8 Å². The van der Waals surface area contributed by atoms with Crippen LogP contribution in [0.1, 0.15) is 23.9 Å². The van der Waals surface area contributed by atoms with Gasteiger partial charge in [0.1, 0.15) is 5.75 Å². The lowest BCUT2D eigenvalue weighted by molar-refractivity contribution is -0.384. The molecule has 0 fully saturated rings. The minimum absolute atomic E-state index is 0.00188. The number of ether oxygens (including phenoxy) is 1. The van der Waals surface area contributed by atoms with Gasteiger partial charge in [0.25, 0.3) is 11.6 Å². The lowest BCUT2D eigenvalue weighted by Crippen LogP contribution is -1.99. The second-order valence-electron chi connectivity index (χ2n) is 5.66. The van der Waals surface area contributed by atoms with Crippen LogP contribution in [0.25, 0.3) is 11.5 Å². The van der Waals surface area contributed by atoms with Gasteiger partial charge >= 0.3 is 0 Å². The Bertz CT molecular complexity index is 938. The van der Waals surface area contributed by atoms with Gasteiger partial charge in [0.2, 0.25) is 5.89 Å². The lowest BCUT2D eigenvalue weighted by atomic mass is 10.1. The van der Waals surface area contributed by atoms with Crippen LogP contribution >= 0.6 is 11.6 Å². The predicted octanol–water partition coefficient (Wildman–Crippen LogP) is 4.75. The number of hydrogen-bond acceptors (Lipinski definition) is 6. The first-order chi connectivity index (χ1) is 12.5. The van der Waals surface area contributed by atoms with Crippen LogP contribution in [0, 0.1) is 17.0 Å². The molecule has 1 aromatic heterocycles. The molecule has 2 aromatic carbocycles. The Hall–Kier alpha value is -2.93. The number of nitrogens with zero attached hydrogens (tertiary/aromatic N) is 3. The van der Waals surface area contributed by atoms with Crippen LogP contribution in [-0.4, -0.2) is 15.1 Å². The number of non-ortho nitro benzene ring substituents is 1. The summed E-state index contributed by atoms with van der Waals surface area (Å²) in [5.74, 6) is 1.32. The van der Waals surface area contributed by atoms with Crippen molar-refractivity contribution in [3.63, 3.8) is 0 Å². The Balaban J connectivity index is 1.73. The largest absolute Gasteiger partial charge is 0.484 e. The summed E-state index contributed by atoms with van der Waals surface area (Å²) in [6, 6.07) is 9.68. The molecule has 3 rings (SSSR count). The van der Waals surface area contributed by atoms with E-state index in [1.807, 2.05) is 26.0 Å². The number of halogens is 1. The molecule has 0 unspecified atom stereocenters. The first-order valence-electron chi connectivity index (χ1n) is 7.97. The van der Waals surface area contributed by atoms with E-state index in [1.165, 1.54) is 12.1 Å². The number of benzene rings is 2. The third-order valence-electron chi connectivity index (χ3n) is 3.87. The highest BCUT2D eigenvalue weighted by atomic mass is 35.5. The molecule has 0 saturated carbocycles. The molecule has 7 nitrogen and oxygen atoms in total. The van der Waals surface area contributed by atoms with Gasteiger partial charge in [0, 0.05) is 22.7 Å². The summed E-state index contributed by atoms with van der Waals surface area (Å²) in [7, 11) is 0. The topological polar surface area (TPSA) is 91.3 Å². The van der Waals surface area contributed by atoms with E-state index in [-0.39, 0.29) is 18.2 Å². The lowest BCUT2D eigenvalue weighted by Gasteiger charge is -2.11. The first kappa shape index (κ1) is 17.9. The Morgan fingerprint density at radius 3 is 2.62 bits per heavy atom. The molecule has 0 bridgehead atoms. The molecule has 0 radical (unpaired) electrons. The van der Waals surface area contributed by atoms with Gasteiger partial charge in [0.15, 0.2) is 6.61 Å². The number of aryl methyl sites for hydroxylation is 2. The average Bonchev–Trinajstić information content (AvgIpc) is 3.11. The molecule has 0 saturated heterocycles. The molecule has 3 aromatic rings. The fraction of sp³-hybridized carbons (Fsp3) is 0.222. The quantitative estimate of drug-likeness (QED) is 0.457. The van der Waals surface area contributed by atoms with Crippen LogP contribution in [0.5, 0.6) is 5.75 Å². The zero-order valence-electron chi connectivity index (χ0n) is 14.2. The van der Waals surface area contributed by atoms with Crippen molar-refractivity contribution >= 4 is 17.3 Å². The summed E-state index contributed by atoms with van der Waals surface area (Å²) in [5, 5.41) is 19.3. The molecule has 134 valence electrons. The summed E-state index contributed by atoms with van der Waals surface area (Å²) < 4.78 is 11.4. The molecule has 1 heterocycles. The Morgan fingerprint density at radius 1 is 1.23 bits per heavy atom. The molecule has 0 aliphatic carbocycles. The van der Waals surface area contributed by atoms with Crippen molar-refractivity contribution in [2.24, 2.45) is 0 Å². The van der Waals surface area contributed by atoms with E-state index in [1.54, 1.807) is 12.1 Å². The van der Waals surface area contributed by atoms with E-state index in [9.17, 15) is 10.1 Å². The van der Waals surface area contributed by atoms with Crippen LogP contribution in [0.3, 0.4) is 0 Å². The zero-order chi connectivity index (χ0) is 18.7. The van der Waals surface area contributed by atoms with E-state index >= 15 is 0 Å². The summed E-state index contributed by atoms with van der Waals surface area (Å²) >= 11 is 6.14. The second kappa shape index (κ2) is 7.53. The van der Waals surface area contributed by atoms with E-state index in [0.29, 0.717) is 16.5 Å². The van der Waals surface area contributed by atoms with Gasteiger partial charge in [-0.2, -0.15) is 0 Å². The van der Waals surface area contributed by atoms with Crippen molar-refractivity contribution in [3.05, 3.63) is 68.6 Å². The summed E-state index contributed by atoms with van der Waals surface area (Å²) in [6.45, 7) is 4.05. The Labute approximate surface area is 154 Å². The van der Waals surface area contributed by atoms with Crippen molar-refractivity contribution < 1.29 is 14.1 Å². The summed E-state index contributed by atoms with van der Waals surface area (Å²) in [5.41, 5.74) is 2.53. The average molecular weight is 374 g/mol. The number of nitro benzene ring substituents is 1. The summed E-state index contributed by atoms with van der Waals surface area (Å²) in [6.07, 6.45) is 0.785. The number of hydrogen-bond donors (Lipinski definition) is 0. The maximum atomic E-state index is 10.7. The molecular formula is C18H16ClN3O4. The van der Waals surface area contributed by atoms with Crippen LogP contribution in [0.2, 0.25) is 5.02 Å². The fourth-order valence-electron chi connectivity index (χ4n) is 2.40. The number of nitro groups is 1. The molecule has 0 amide bonds. The molecule has 26 heavy (non-hydrogen) atoms. The van der Waals surface area contributed by atoms with E-state index in [2.05, 4.69) is 10.2 Å². The van der Waals surface area contributed by atoms with Gasteiger partial charge in [-0.25, -0.2) is 0 Å². The highest BCUT2D eigenvalue weighted by Crippen LogP contribution is 2.28. The van der Waals surface area contributed by atoms with Gasteiger partial charge < -0.3 is 9.15 Å². The number of aromatic nitrogens is 2. The standard InChI is InChI=1S/C18H16ClN3O4/c1-3-12-9-15(19)11(2)8-16(12)25-10-17-20-21-18(26-17)13-4-6-14(7-5-13)22(23)24/h4-9H,3,10H2,1-2H3. The van der Waals surface area contributed by atoms with Gasteiger partial charge in [-0.1, -0.05) is 18.5 Å². The molecule has 0 aliphatic heterocycles. The maximum Gasteiger partial charge on any atom is 0.269 e. The van der Waals surface area contributed by atoms with Crippen molar-refractivity contribution in [2.75, 3.05) is 0 Å². The monoisotopic (exact) mass is 373 g/mol. The normalized spacial score (nSPS) is 10.7. The smallest absolute Gasteiger partial charge is 0.269 e. The molecule has 8 heteroatoms. The van der Waals surface area contributed by atoms with Crippen molar-refractivity contribution in [2.45, 2.75) is 26.9 Å². The molecule has 0 spiro atoms. The highest BCUT2D eigenvalue weighted by Gasteiger charge is 2.13. The molecular weight excluding hydrogens is 358 g/mol. The second-order valence-corrected chi connectivity index (χ2v) is 6.06. The van der Waals surface area contributed by atoms with Crippen LogP contribution < -0.4 is 4.74 Å². The highest BCUT2D eigenvalue weighted by molar-refractivity contribution is 6.31. The predicted molar refractivity (Wildman–Crippen MR) is 96.3 cm³/mol. The minimum atomic E-state index is -0.462. The fourth-order valence-corrected chi connectivity index (χ4v) is 2.59. The van der Waals surface area contributed by atoms with E-state index < -0.39 is 4.92 Å². The van der Waals surface area contributed by atoms with Crippen molar-refractivity contribution in [1.29, 1.82) is 0 Å². The van der Waals surface area contributed by atoms with Gasteiger partial charge in [-0.05, 0) is 48.7 Å². The van der Waals surface area contributed by atoms with Crippen LogP contribution in [-0.2, 0) is 13.0 Å². The van der Waals surface area contributed by atoms with E-state index in [4.69, 9.17) is 20.8 Å². The van der Waals surface area contributed by atoms with E-state index in [0.717, 1.165) is 23.3 Å².